The standard InChI is InChI=1S/C21H19FN6O2/c1-13(2)19-26-21(30-27-19)15-7-8-23-18(9-15)28-11-17(25-12-28)20(29)24-10-14-3-5-16(22)6-4-14/h3-9,11-13H,10H2,1-2H3,(H,24,29). The second-order valence-corrected chi connectivity index (χ2v) is 6.99. The van der Waals surface area contributed by atoms with Crippen LogP contribution in [0.4, 0.5) is 4.39 Å². The maximum atomic E-state index is 13.0. The summed E-state index contributed by atoms with van der Waals surface area (Å²) >= 11 is 0. The molecule has 4 rings (SSSR count). The molecule has 0 unspecified atom stereocenters. The fourth-order valence-corrected chi connectivity index (χ4v) is 2.72. The van der Waals surface area contributed by atoms with Gasteiger partial charge in [0.25, 0.3) is 11.8 Å². The van der Waals surface area contributed by atoms with E-state index in [9.17, 15) is 9.18 Å². The quantitative estimate of drug-likeness (QED) is 0.526. The maximum absolute atomic E-state index is 13.0. The molecule has 0 saturated carbocycles. The molecule has 0 aliphatic heterocycles. The van der Waals surface area contributed by atoms with Gasteiger partial charge < -0.3 is 9.84 Å². The third-order valence-electron chi connectivity index (χ3n) is 4.40. The monoisotopic (exact) mass is 406 g/mol. The molecule has 1 N–H and O–H groups in total. The number of hydrogen-bond donors (Lipinski definition) is 1. The zero-order chi connectivity index (χ0) is 21.1. The second kappa shape index (κ2) is 8.24. The number of aromatic nitrogens is 5. The number of rotatable bonds is 6. The number of carbonyl (C=O) groups is 1. The summed E-state index contributed by atoms with van der Waals surface area (Å²) in [5.74, 6) is 1.09. The average Bonchev–Trinajstić information content (AvgIpc) is 3.43. The van der Waals surface area contributed by atoms with Gasteiger partial charge in [0.05, 0.1) is 0 Å². The van der Waals surface area contributed by atoms with Crippen molar-refractivity contribution in [3.05, 3.63) is 78.0 Å². The van der Waals surface area contributed by atoms with E-state index in [-0.39, 0.29) is 29.9 Å². The maximum Gasteiger partial charge on any atom is 0.271 e. The van der Waals surface area contributed by atoms with Gasteiger partial charge in [-0.25, -0.2) is 14.4 Å². The minimum Gasteiger partial charge on any atom is -0.347 e. The van der Waals surface area contributed by atoms with Crippen molar-refractivity contribution in [3.8, 4) is 17.3 Å². The van der Waals surface area contributed by atoms with Gasteiger partial charge in [-0.3, -0.25) is 9.36 Å². The average molecular weight is 406 g/mol. The number of hydrogen-bond acceptors (Lipinski definition) is 6. The van der Waals surface area contributed by atoms with Crippen LogP contribution in [0.3, 0.4) is 0 Å². The molecule has 3 aromatic heterocycles. The van der Waals surface area contributed by atoms with E-state index in [4.69, 9.17) is 4.52 Å². The Balaban J connectivity index is 1.48. The van der Waals surface area contributed by atoms with E-state index in [1.807, 2.05) is 13.8 Å². The molecule has 30 heavy (non-hydrogen) atoms. The van der Waals surface area contributed by atoms with Crippen LogP contribution in [0.5, 0.6) is 0 Å². The van der Waals surface area contributed by atoms with Crippen molar-refractivity contribution >= 4 is 5.91 Å². The minimum atomic E-state index is -0.340. The van der Waals surface area contributed by atoms with E-state index in [1.54, 1.807) is 41.2 Å². The van der Waals surface area contributed by atoms with E-state index in [0.29, 0.717) is 17.5 Å². The number of imidazole rings is 1. The number of carbonyl (C=O) groups excluding carboxylic acids is 1. The van der Waals surface area contributed by atoms with Crippen LogP contribution in [-0.2, 0) is 6.54 Å². The molecular weight excluding hydrogens is 387 g/mol. The van der Waals surface area contributed by atoms with Crippen molar-refractivity contribution in [1.82, 2.24) is 30.0 Å². The lowest BCUT2D eigenvalue weighted by Crippen LogP contribution is -2.23. The summed E-state index contributed by atoms with van der Waals surface area (Å²) in [6.45, 7) is 4.25. The predicted octanol–water partition coefficient (Wildman–Crippen LogP) is 3.51. The van der Waals surface area contributed by atoms with Crippen LogP contribution < -0.4 is 5.32 Å². The largest absolute Gasteiger partial charge is 0.347 e. The molecule has 1 aromatic carbocycles. The van der Waals surface area contributed by atoms with E-state index in [0.717, 1.165) is 11.1 Å². The van der Waals surface area contributed by atoms with Crippen molar-refractivity contribution in [2.75, 3.05) is 0 Å². The molecular formula is C21H19FN6O2. The molecule has 0 aliphatic carbocycles. The van der Waals surface area contributed by atoms with Crippen LogP contribution in [0.15, 0.2) is 59.6 Å². The van der Waals surface area contributed by atoms with E-state index in [1.165, 1.54) is 18.5 Å². The number of pyridine rings is 1. The summed E-state index contributed by atoms with van der Waals surface area (Å²) < 4.78 is 19.9. The summed E-state index contributed by atoms with van der Waals surface area (Å²) in [6.07, 6.45) is 4.71. The number of halogens is 1. The highest BCUT2D eigenvalue weighted by Crippen LogP contribution is 2.21. The lowest BCUT2D eigenvalue weighted by Gasteiger charge is -2.04. The third kappa shape index (κ3) is 4.24. The van der Waals surface area contributed by atoms with Gasteiger partial charge in [-0.05, 0) is 29.8 Å². The van der Waals surface area contributed by atoms with Crippen molar-refractivity contribution < 1.29 is 13.7 Å². The highest BCUT2D eigenvalue weighted by molar-refractivity contribution is 5.92. The van der Waals surface area contributed by atoms with Gasteiger partial charge >= 0.3 is 0 Å². The number of amides is 1. The Morgan fingerprint density at radius 2 is 2.00 bits per heavy atom. The first-order valence-electron chi connectivity index (χ1n) is 9.36. The molecule has 3 heterocycles. The molecule has 0 radical (unpaired) electrons. The SMILES string of the molecule is CC(C)c1noc(-c2ccnc(-n3cnc(C(=O)NCc4ccc(F)cc4)c3)c2)n1. The smallest absolute Gasteiger partial charge is 0.271 e. The lowest BCUT2D eigenvalue weighted by molar-refractivity contribution is 0.0946. The van der Waals surface area contributed by atoms with Crippen LogP contribution in [0.25, 0.3) is 17.3 Å². The van der Waals surface area contributed by atoms with Gasteiger partial charge in [-0.2, -0.15) is 4.98 Å². The highest BCUT2D eigenvalue weighted by Gasteiger charge is 2.14. The molecule has 0 spiro atoms. The summed E-state index contributed by atoms with van der Waals surface area (Å²) in [7, 11) is 0. The summed E-state index contributed by atoms with van der Waals surface area (Å²) in [5, 5.41) is 6.73. The molecule has 152 valence electrons. The molecule has 0 aliphatic rings. The second-order valence-electron chi connectivity index (χ2n) is 6.99. The number of benzene rings is 1. The van der Waals surface area contributed by atoms with Crippen LogP contribution >= 0.6 is 0 Å². The summed E-state index contributed by atoms with van der Waals surface area (Å²) in [5.41, 5.74) is 1.75. The Labute approximate surface area is 171 Å². The van der Waals surface area contributed by atoms with Crippen LogP contribution in [0.2, 0.25) is 0 Å². The highest BCUT2D eigenvalue weighted by atomic mass is 19.1. The molecule has 4 aromatic rings. The van der Waals surface area contributed by atoms with Crippen LogP contribution in [0.1, 0.15) is 41.6 Å². The van der Waals surface area contributed by atoms with Gasteiger partial charge in [-0.15, -0.1) is 0 Å². The van der Waals surface area contributed by atoms with Crippen molar-refractivity contribution in [2.24, 2.45) is 0 Å². The van der Waals surface area contributed by atoms with Crippen LogP contribution in [-0.4, -0.2) is 30.6 Å². The third-order valence-corrected chi connectivity index (χ3v) is 4.40. The molecule has 0 atom stereocenters. The molecule has 9 heteroatoms. The van der Waals surface area contributed by atoms with E-state index < -0.39 is 0 Å². The zero-order valence-corrected chi connectivity index (χ0v) is 16.4. The van der Waals surface area contributed by atoms with Crippen molar-refractivity contribution in [1.29, 1.82) is 0 Å². The summed E-state index contributed by atoms with van der Waals surface area (Å²) in [6, 6.07) is 9.48. The normalized spacial score (nSPS) is 11.1. The summed E-state index contributed by atoms with van der Waals surface area (Å²) in [4.78, 5) is 25.2. The van der Waals surface area contributed by atoms with Gasteiger partial charge in [0.2, 0.25) is 0 Å². The molecule has 8 nitrogen and oxygen atoms in total. The van der Waals surface area contributed by atoms with Gasteiger partial charge in [0, 0.05) is 30.4 Å². The van der Waals surface area contributed by atoms with Crippen LogP contribution in [0, 0.1) is 5.82 Å². The number of nitrogens with one attached hydrogen (secondary N) is 1. The molecule has 1 amide bonds. The van der Waals surface area contributed by atoms with E-state index >= 15 is 0 Å². The van der Waals surface area contributed by atoms with Crippen molar-refractivity contribution in [2.45, 2.75) is 26.3 Å². The minimum absolute atomic E-state index is 0.161. The fourth-order valence-electron chi connectivity index (χ4n) is 2.72. The Hall–Kier alpha value is -3.88. The molecule has 0 bridgehead atoms. The fraction of sp³-hybridized carbons (Fsp3) is 0.190. The first-order chi connectivity index (χ1) is 14.5. The van der Waals surface area contributed by atoms with E-state index in [2.05, 4.69) is 25.4 Å². The van der Waals surface area contributed by atoms with Gasteiger partial charge in [0.1, 0.15) is 23.7 Å². The Morgan fingerprint density at radius 1 is 1.20 bits per heavy atom. The Kier molecular flexibility index (Phi) is 5.34. The van der Waals surface area contributed by atoms with Crippen molar-refractivity contribution in [3.63, 3.8) is 0 Å². The lowest BCUT2D eigenvalue weighted by atomic mass is 10.2. The number of nitrogens with zero attached hydrogens (tertiary/aromatic N) is 5. The first kappa shape index (κ1) is 19.4. The molecule has 0 saturated heterocycles. The Bertz CT molecular complexity index is 1170. The Morgan fingerprint density at radius 3 is 2.73 bits per heavy atom. The van der Waals surface area contributed by atoms with Gasteiger partial charge in [-0.1, -0.05) is 31.1 Å². The van der Waals surface area contributed by atoms with Gasteiger partial charge in [0.15, 0.2) is 5.82 Å². The predicted molar refractivity (Wildman–Crippen MR) is 106 cm³/mol. The zero-order valence-electron chi connectivity index (χ0n) is 16.4. The topological polar surface area (TPSA) is 98.7 Å². The first-order valence-corrected chi connectivity index (χ1v) is 9.36. The molecule has 0 fully saturated rings.